The Kier molecular flexibility index (Phi) is 2.96. The number of nitrogen functional groups attached to an aromatic ring is 2. The predicted molar refractivity (Wildman–Crippen MR) is 81.7 cm³/mol. The van der Waals surface area contributed by atoms with Crippen LogP contribution in [-0.2, 0) is 13.0 Å². The van der Waals surface area contributed by atoms with Gasteiger partial charge < -0.3 is 16.4 Å². The van der Waals surface area contributed by atoms with Crippen molar-refractivity contribution in [1.82, 2.24) is 4.90 Å². The maximum Gasteiger partial charge on any atom is 0.0645 e. The summed E-state index contributed by atoms with van der Waals surface area (Å²) in [5.41, 5.74) is 13.4. The van der Waals surface area contributed by atoms with Crippen molar-refractivity contribution < 1.29 is 5.48 Å². The van der Waals surface area contributed by atoms with Gasteiger partial charge in [-0.1, -0.05) is 24.3 Å². The largest absolute Gasteiger partial charge is 0.399 e. The Morgan fingerprint density at radius 2 is 1.42 bits per heavy atom. The van der Waals surface area contributed by atoms with Crippen molar-refractivity contribution in [3.8, 4) is 0 Å². The van der Waals surface area contributed by atoms with E-state index in [1.54, 1.807) is 24.3 Å². The van der Waals surface area contributed by atoms with E-state index in [9.17, 15) is 0 Å². The van der Waals surface area contributed by atoms with Gasteiger partial charge in [0, 0.05) is 24.5 Å². The lowest BCUT2D eigenvalue weighted by Gasteiger charge is -2.16. The van der Waals surface area contributed by atoms with Crippen molar-refractivity contribution >= 4 is 11.4 Å². The van der Waals surface area contributed by atoms with Crippen LogP contribution in [0.5, 0.6) is 0 Å². The molecule has 0 saturated heterocycles. The van der Waals surface area contributed by atoms with E-state index in [2.05, 4.69) is 4.90 Å². The molecule has 0 bridgehead atoms. The Morgan fingerprint density at radius 3 is 1.95 bits per heavy atom. The standard InChI is InChI=1S/C16H21N3/c1-19(12-14-4-8-16(18)9-5-14)11-10-13-2-6-15(17)7-3-13/h2-9H,10-12,17-18H2,1H3/i6T,7T,8T,9T. The summed E-state index contributed by atoms with van der Waals surface area (Å²) in [6.07, 6.45) is 0.699. The molecule has 0 saturated carbocycles. The summed E-state index contributed by atoms with van der Waals surface area (Å²) in [7, 11) is 1.95. The van der Waals surface area contributed by atoms with E-state index in [1.165, 1.54) is 0 Å². The molecule has 0 aliphatic rings. The minimum absolute atomic E-state index is 0.178. The van der Waals surface area contributed by atoms with E-state index in [1.807, 2.05) is 7.05 Å². The van der Waals surface area contributed by atoms with Gasteiger partial charge in [-0.25, -0.2) is 0 Å². The number of anilines is 2. The molecule has 0 aliphatic heterocycles. The number of nitrogens with zero attached hydrogens (tertiary/aromatic N) is 1. The van der Waals surface area contributed by atoms with Gasteiger partial charge in [-0.15, -0.1) is 0 Å². The number of nitrogens with two attached hydrogens (primary N) is 2. The van der Waals surface area contributed by atoms with Gasteiger partial charge in [-0.2, -0.15) is 0 Å². The zero-order valence-electron chi connectivity index (χ0n) is 15.0. The second-order valence-electron chi connectivity index (χ2n) is 4.62. The van der Waals surface area contributed by atoms with E-state index in [4.69, 9.17) is 17.0 Å². The first-order valence-electron chi connectivity index (χ1n) is 8.17. The van der Waals surface area contributed by atoms with Gasteiger partial charge in [0.05, 0.1) is 5.48 Å². The van der Waals surface area contributed by atoms with E-state index >= 15 is 0 Å². The molecule has 100 valence electrons. The topological polar surface area (TPSA) is 55.3 Å². The van der Waals surface area contributed by atoms with Crippen LogP contribution in [0.4, 0.5) is 11.4 Å². The number of hydrogen-bond acceptors (Lipinski definition) is 3. The van der Waals surface area contributed by atoms with Crippen LogP contribution in [0, 0.1) is 0 Å². The molecule has 2 rings (SSSR count). The first-order chi connectivity index (χ1) is 10.8. The minimum Gasteiger partial charge on any atom is -0.399 e. The molecule has 0 spiro atoms. The fraction of sp³-hybridized carbons (Fsp3) is 0.250. The Hall–Kier alpha value is -2.00. The highest BCUT2D eigenvalue weighted by Crippen LogP contribution is 2.09. The van der Waals surface area contributed by atoms with Crippen molar-refractivity contribution in [3.63, 3.8) is 0 Å². The third kappa shape index (κ3) is 4.30. The highest BCUT2D eigenvalue weighted by molar-refractivity contribution is 5.40. The lowest BCUT2D eigenvalue weighted by Crippen LogP contribution is -2.20. The summed E-state index contributed by atoms with van der Waals surface area (Å²) >= 11 is 0. The molecule has 0 amide bonds. The van der Waals surface area contributed by atoms with E-state index in [0.717, 1.165) is 17.7 Å². The average Bonchev–Trinajstić information content (AvgIpc) is 2.48. The molecule has 0 fully saturated rings. The first-order valence-corrected chi connectivity index (χ1v) is 6.17. The third-order valence-electron chi connectivity index (χ3n) is 2.89. The highest BCUT2D eigenvalue weighted by atomic mass is 15.1. The maximum absolute atomic E-state index is 7.73. The summed E-state index contributed by atoms with van der Waals surface area (Å²) in [5, 5.41) is 0. The van der Waals surface area contributed by atoms with Crippen molar-refractivity contribution in [1.29, 1.82) is 0 Å². The Balaban J connectivity index is 1.99. The second-order valence-corrected chi connectivity index (χ2v) is 4.62. The monoisotopic (exact) mass is 263 g/mol. The molecule has 3 heteroatoms. The van der Waals surface area contributed by atoms with Crippen LogP contribution in [0.15, 0.2) is 48.4 Å². The van der Waals surface area contributed by atoms with Crippen molar-refractivity contribution in [2.75, 3.05) is 25.1 Å². The molecule has 2 aromatic rings. The second kappa shape index (κ2) is 6.25. The summed E-state index contributed by atoms with van der Waals surface area (Å²) in [6.45, 7) is 1.34. The molecule has 0 unspecified atom stereocenters. The number of benzene rings is 2. The SMILES string of the molecule is [3H]c1cc(CCN(C)Cc2cc([3H])c(N)c([3H])c2)cc([3H])c1N. The molecule has 0 aromatic heterocycles. The van der Waals surface area contributed by atoms with Crippen LogP contribution < -0.4 is 11.5 Å². The quantitative estimate of drug-likeness (QED) is 0.815. The fourth-order valence-electron chi connectivity index (χ4n) is 1.79. The number of likely N-dealkylation sites (N-methyl/N-ethyl adjacent to an activating group) is 1. The predicted octanol–water partition coefficient (Wildman–Crippen LogP) is 2.53. The average molecular weight is 263 g/mol. The van der Waals surface area contributed by atoms with Gasteiger partial charge in [0.2, 0.25) is 0 Å². The van der Waals surface area contributed by atoms with Crippen LogP contribution in [-0.4, -0.2) is 18.5 Å². The van der Waals surface area contributed by atoms with Gasteiger partial charge in [0.25, 0.3) is 0 Å². The molecule has 3 nitrogen and oxygen atoms in total. The van der Waals surface area contributed by atoms with Crippen LogP contribution in [0.2, 0.25) is 0 Å². The van der Waals surface area contributed by atoms with E-state index in [-0.39, 0.29) is 35.5 Å². The Bertz CT molecular complexity index is 672. The zero-order valence-corrected chi connectivity index (χ0v) is 11.0. The molecule has 0 radical (unpaired) electrons. The Labute approximate surface area is 120 Å². The summed E-state index contributed by atoms with van der Waals surface area (Å²) in [4.78, 5) is 2.06. The molecular formula is C16H21N3. The lowest BCUT2D eigenvalue weighted by atomic mass is 10.1. The van der Waals surface area contributed by atoms with Crippen molar-refractivity contribution in [2.45, 2.75) is 13.0 Å². The molecule has 4 N–H and O–H groups in total. The van der Waals surface area contributed by atoms with Crippen LogP contribution in [0.25, 0.3) is 0 Å². The van der Waals surface area contributed by atoms with Gasteiger partial charge in [-0.05, 0) is 48.8 Å². The number of rotatable bonds is 5. The first kappa shape index (κ1) is 8.99. The van der Waals surface area contributed by atoms with E-state index < -0.39 is 0 Å². The smallest absolute Gasteiger partial charge is 0.0645 e. The van der Waals surface area contributed by atoms with Gasteiger partial charge in [-0.3, -0.25) is 0 Å². The summed E-state index contributed by atoms with van der Waals surface area (Å²) in [6, 6.07) is 7.46. The van der Waals surface area contributed by atoms with Crippen LogP contribution in [0.1, 0.15) is 16.6 Å². The minimum atomic E-state index is 0.178. The van der Waals surface area contributed by atoms with Crippen molar-refractivity contribution in [3.05, 3.63) is 59.6 Å². The number of hydrogen-bond donors (Lipinski definition) is 2. The van der Waals surface area contributed by atoms with Crippen molar-refractivity contribution in [2.24, 2.45) is 0 Å². The third-order valence-corrected chi connectivity index (χ3v) is 2.89. The van der Waals surface area contributed by atoms with Crippen LogP contribution in [0.3, 0.4) is 0 Å². The Morgan fingerprint density at radius 1 is 0.947 bits per heavy atom. The molecule has 0 heterocycles. The van der Waals surface area contributed by atoms with E-state index in [0.29, 0.717) is 13.0 Å². The van der Waals surface area contributed by atoms with Gasteiger partial charge >= 0.3 is 0 Å². The highest BCUT2D eigenvalue weighted by Gasteiger charge is 2.01. The summed E-state index contributed by atoms with van der Waals surface area (Å²) in [5.74, 6) is 0. The molecular weight excluding hydrogens is 234 g/mol. The zero-order chi connectivity index (χ0) is 17.1. The molecule has 19 heavy (non-hydrogen) atoms. The lowest BCUT2D eigenvalue weighted by molar-refractivity contribution is 0.331. The summed E-state index contributed by atoms with van der Waals surface area (Å²) < 4.78 is 30.9. The fourth-order valence-corrected chi connectivity index (χ4v) is 1.79. The molecule has 0 atom stereocenters. The molecule has 2 aromatic carbocycles. The van der Waals surface area contributed by atoms with Gasteiger partial charge in [0.1, 0.15) is 0 Å². The normalized spacial score (nSPS) is 13.8. The van der Waals surface area contributed by atoms with Crippen LogP contribution >= 0.6 is 0 Å². The molecule has 0 aliphatic carbocycles. The maximum atomic E-state index is 7.73. The van der Waals surface area contributed by atoms with Gasteiger partial charge in [0.15, 0.2) is 0 Å².